The van der Waals surface area contributed by atoms with Crippen molar-refractivity contribution in [2.24, 2.45) is 0 Å². The number of carbonyl (C=O) groups is 2. The second-order valence-electron chi connectivity index (χ2n) is 4.07. The van der Waals surface area contributed by atoms with Crippen LogP contribution in [0.4, 0.5) is 0 Å². The summed E-state index contributed by atoms with van der Waals surface area (Å²) in [4.78, 5) is 25.5. The van der Waals surface area contributed by atoms with Crippen LogP contribution in [0.1, 0.15) is 39.0 Å². The molecule has 1 aromatic rings. The number of carboxylic acids is 1. The van der Waals surface area contributed by atoms with Crippen LogP contribution in [-0.2, 0) is 0 Å². The molecule has 92 valence electrons. The summed E-state index contributed by atoms with van der Waals surface area (Å²) in [5.41, 5.74) is 2.29. The minimum Gasteiger partial charge on any atom is -0.477 e. The first-order chi connectivity index (χ1) is 7.84. The van der Waals surface area contributed by atoms with Crippen LogP contribution in [0.15, 0.2) is 12.2 Å². The largest absolute Gasteiger partial charge is 0.477 e. The van der Waals surface area contributed by atoms with Crippen LogP contribution < -0.4 is 5.32 Å². The van der Waals surface area contributed by atoms with E-state index in [4.69, 9.17) is 5.11 Å². The predicted molar refractivity (Wildman–Crippen MR) is 64.4 cm³/mol. The van der Waals surface area contributed by atoms with E-state index >= 15 is 0 Å². The summed E-state index contributed by atoms with van der Waals surface area (Å²) in [5.74, 6) is -1.35. The van der Waals surface area contributed by atoms with Gasteiger partial charge in [-0.2, -0.15) is 0 Å². The molecule has 0 saturated heterocycles. The first-order valence-electron chi connectivity index (χ1n) is 5.19. The summed E-state index contributed by atoms with van der Waals surface area (Å²) >= 11 is 0. The smallest absolute Gasteiger partial charge is 0.352 e. The number of aryl methyl sites for hydroxylation is 1. The summed E-state index contributed by atoms with van der Waals surface area (Å²) in [5, 5.41) is 11.6. The molecule has 0 spiro atoms. The molecule has 5 heteroatoms. The highest BCUT2D eigenvalue weighted by atomic mass is 16.4. The molecule has 0 saturated carbocycles. The van der Waals surface area contributed by atoms with Crippen LogP contribution in [0.25, 0.3) is 0 Å². The highest BCUT2D eigenvalue weighted by Crippen LogP contribution is 2.17. The van der Waals surface area contributed by atoms with Crippen LogP contribution in [-0.4, -0.2) is 28.5 Å². The van der Waals surface area contributed by atoms with E-state index in [1.54, 1.807) is 20.8 Å². The lowest BCUT2D eigenvalue weighted by Gasteiger charge is -2.05. The van der Waals surface area contributed by atoms with Crippen molar-refractivity contribution in [1.82, 2.24) is 10.3 Å². The number of aromatic nitrogens is 1. The molecule has 1 heterocycles. The summed E-state index contributed by atoms with van der Waals surface area (Å²) in [6.07, 6.45) is 0. The van der Waals surface area contributed by atoms with Gasteiger partial charge in [-0.15, -0.1) is 0 Å². The van der Waals surface area contributed by atoms with Crippen molar-refractivity contribution in [3.8, 4) is 0 Å². The van der Waals surface area contributed by atoms with Crippen molar-refractivity contribution >= 4 is 11.9 Å². The van der Waals surface area contributed by atoms with Gasteiger partial charge < -0.3 is 15.4 Å². The maximum atomic E-state index is 11.9. The molecular weight excluding hydrogens is 220 g/mol. The van der Waals surface area contributed by atoms with Gasteiger partial charge in [0.25, 0.3) is 5.91 Å². The molecule has 0 aromatic carbocycles. The van der Waals surface area contributed by atoms with Crippen molar-refractivity contribution < 1.29 is 14.7 Å². The Kier molecular flexibility index (Phi) is 3.73. The van der Waals surface area contributed by atoms with E-state index in [1.165, 1.54) is 0 Å². The lowest BCUT2D eigenvalue weighted by Crippen LogP contribution is -2.25. The van der Waals surface area contributed by atoms with Gasteiger partial charge in [-0.05, 0) is 26.3 Å². The molecule has 5 nitrogen and oxygen atoms in total. The second-order valence-corrected chi connectivity index (χ2v) is 4.07. The molecule has 1 rings (SSSR count). The summed E-state index contributed by atoms with van der Waals surface area (Å²) in [6.45, 7) is 9.16. The van der Waals surface area contributed by atoms with Gasteiger partial charge in [0, 0.05) is 12.2 Å². The molecule has 0 atom stereocenters. The number of aromatic carboxylic acids is 1. The molecule has 1 aromatic heterocycles. The third-order valence-corrected chi connectivity index (χ3v) is 2.43. The zero-order valence-electron chi connectivity index (χ0n) is 10.2. The molecule has 0 bridgehead atoms. The van der Waals surface area contributed by atoms with Gasteiger partial charge in [0.15, 0.2) is 0 Å². The van der Waals surface area contributed by atoms with E-state index in [1.807, 2.05) is 0 Å². The van der Waals surface area contributed by atoms with Gasteiger partial charge >= 0.3 is 5.97 Å². The fourth-order valence-corrected chi connectivity index (χ4v) is 1.62. The van der Waals surface area contributed by atoms with Crippen LogP contribution in [0.5, 0.6) is 0 Å². The van der Waals surface area contributed by atoms with Crippen molar-refractivity contribution in [3.63, 3.8) is 0 Å². The van der Waals surface area contributed by atoms with Crippen molar-refractivity contribution in [3.05, 3.63) is 34.7 Å². The Morgan fingerprint density at radius 1 is 1.41 bits per heavy atom. The topological polar surface area (TPSA) is 82.2 Å². The minimum atomic E-state index is -1.07. The lowest BCUT2D eigenvalue weighted by atomic mass is 10.1. The zero-order chi connectivity index (χ0) is 13.2. The van der Waals surface area contributed by atoms with Crippen molar-refractivity contribution in [1.29, 1.82) is 0 Å². The monoisotopic (exact) mass is 236 g/mol. The molecule has 0 fully saturated rings. The highest BCUT2D eigenvalue weighted by molar-refractivity contribution is 6.00. The number of hydrogen-bond acceptors (Lipinski definition) is 2. The molecule has 1 amide bonds. The third-order valence-electron chi connectivity index (χ3n) is 2.43. The molecule has 0 aliphatic carbocycles. The van der Waals surface area contributed by atoms with Gasteiger partial charge in [-0.1, -0.05) is 12.2 Å². The minimum absolute atomic E-state index is 0.0583. The van der Waals surface area contributed by atoms with E-state index in [0.29, 0.717) is 23.4 Å². The molecular formula is C12H16N2O3. The van der Waals surface area contributed by atoms with E-state index in [-0.39, 0.29) is 11.6 Å². The zero-order valence-corrected chi connectivity index (χ0v) is 10.2. The predicted octanol–water partition coefficient (Wildman–Crippen LogP) is 1.64. The van der Waals surface area contributed by atoms with Crippen molar-refractivity contribution in [2.45, 2.75) is 20.8 Å². The molecule has 0 radical (unpaired) electrons. The first kappa shape index (κ1) is 13.0. The van der Waals surface area contributed by atoms with E-state index in [2.05, 4.69) is 16.9 Å². The standard InChI is InChI=1S/C12H16N2O3/c1-6(2)5-13-11(15)9-7(3)10(12(16)17)14-8(9)4/h14H,1,5H2,2-4H3,(H,13,15)(H,16,17). The average Bonchev–Trinajstić information content (AvgIpc) is 2.51. The first-order valence-corrected chi connectivity index (χ1v) is 5.19. The van der Waals surface area contributed by atoms with E-state index in [9.17, 15) is 9.59 Å². The Morgan fingerprint density at radius 3 is 2.41 bits per heavy atom. The SMILES string of the molecule is C=C(C)CNC(=O)c1c(C)[nH]c(C(=O)O)c1C. The van der Waals surface area contributed by atoms with Gasteiger partial charge in [0.05, 0.1) is 5.56 Å². The number of H-pyrrole nitrogens is 1. The van der Waals surface area contributed by atoms with Crippen LogP contribution in [0, 0.1) is 13.8 Å². The Balaban J connectivity index is 3.02. The van der Waals surface area contributed by atoms with Gasteiger partial charge in [0.1, 0.15) is 5.69 Å². The normalized spacial score (nSPS) is 10.1. The number of hydrogen-bond donors (Lipinski definition) is 3. The number of carbonyl (C=O) groups excluding carboxylic acids is 1. The van der Waals surface area contributed by atoms with Crippen LogP contribution >= 0.6 is 0 Å². The van der Waals surface area contributed by atoms with Gasteiger partial charge in [0.2, 0.25) is 0 Å². The van der Waals surface area contributed by atoms with Crippen LogP contribution in [0.3, 0.4) is 0 Å². The van der Waals surface area contributed by atoms with E-state index in [0.717, 1.165) is 5.57 Å². The third kappa shape index (κ3) is 2.75. The number of rotatable bonds is 4. The summed E-state index contributed by atoms with van der Waals surface area (Å²) in [6, 6.07) is 0. The maximum Gasteiger partial charge on any atom is 0.352 e. The van der Waals surface area contributed by atoms with Gasteiger partial charge in [-0.25, -0.2) is 4.79 Å². The lowest BCUT2D eigenvalue weighted by molar-refractivity contribution is 0.0690. The highest BCUT2D eigenvalue weighted by Gasteiger charge is 2.21. The maximum absolute atomic E-state index is 11.9. The summed E-state index contributed by atoms with van der Waals surface area (Å²) in [7, 11) is 0. The van der Waals surface area contributed by atoms with Gasteiger partial charge in [-0.3, -0.25) is 4.79 Å². The molecule has 17 heavy (non-hydrogen) atoms. The molecule has 0 aliphatic rings. The second kappa shape index (κ2) is 4.86. The average molecular weight is 236 g/mol. The number of aromatic amines is 1. The van der Waals surface area contributed by atoms with Crippen molar-refractivity contribution in [2.75, 3.05) is 6.54 Å². The molecule has 3 N–H and O–H groups in total. The molecule has 0 aliphatic heterocycles. The Hall–Kier alpha value is -2.04. The summed E-state index contributed by atoms with van der Waals surface area (Å²) < 4.78 is 0. The van der Waals surface area contributed by atoms with Crippen LogP contribution in [0.2, 0.25) is 0 Å². The number of carboxylic acid groups (broad SMARTS) is 1. The Bertz CT molecular complexity index is 486. The Morgan fingerprint density at radius 2 is 2.00 bits per heavy atom. The Labute approximate surface area is 99.5 Å². The number of nitrogens with one attached hydrogen (secondary N) is 2. The van der Waals surface area contributed by atoms with E-state index < -0.39 is 5.97 Å². The quantitative estimate of drug-likeness (QED) is 0.695. The fraction of sp³-hybridized carbons (Fsp3) is 0.333. The number of amides is 1. The fourth-order valence-electron chi connectivity index (χ4n) is 1.62. The molecule has 0 unspecified atom stereocenters.